The lowest BCUT2D eigenvalue weighted by atomic mass is 10.1. The summed E-state index contributed by atoms with van der Waals surface area (Å²) in [5.41, 5.74) is 3.05. The van der Waals surface area contributed by atoms with Crippen LogP contribution in [0, 0.1) is 6.92 Å². The number of likely N-dealkylation sites (N-methyl/N-ethyl adjacent to an activating group) is 1. The molecule has 0 aliphatic rings. The number of halogens is 1. The van der Waals surface area contributed by atoms with Crippen LogP contribution in [0.1, 0.15) is 29.9 Å². The van der Waals surface area contributed by atoms with Crippen molar-refractivity contribution in [3.8, 4) is 5.69 Å². The van der Waals surface area contributed by atoms with Gasteiger partial charge in [0.1, 0.15) is 5.82 Å². The normalized spacial score (nSPS) is 12.0. The quantitative estimate of drug-likeness (QED) is 0.429. The number of aryl methyl sites for hydroxylation is 1. The third kappa shape index (κ3) is 4.30. The molecule has 5 nitrogen and oxygen atoms in total. The summed E-state index contributed by atoms with van der Waals surface area (Å²) in [6.45, 7) is 3.87. The number of fused-ring (bicyclic) bond motifs is 1. The summed E-state index contributed by atoms with van der Waals surface area (Å²) in [6.07, 6.45) is 0.274. The Kier molecular flexibility index (Phi) is 6.10. The highest BCUT2D eigenvalue weighted by Crippen LogP contribution is 2.24. The molecular formula is C26H24ClN3O2. The van der Waals surface area contributed by atoms with Crippen LogP contribution in [0.15, 0.2) is 77.6 Å². The average molecular weight is 446 g/mol. The highest BCUT2D eigenvalue weighted by Gasteiger charge is 2.24. The van der Waals surface area contributed by atoms with E-state index in [-0.39, 0.29) is 17.9 Å². The molecule has 1 unspecified atom stereocenters. The van der Waals surface area contributed by atoms with Crippen molar-refractivity contribution in [2.45, 2.75) is 26.3 Å². The Balaban J connectivity index is 1.82. The number of hydrogen-bond acceptors (Lipinski definition) is 3. The van der Waals surface area contributed by atoms with Crippen LogP contribution in [-0.2, 0) is 11.2 Å². The number of aromatic nitrogens is 2. The van der Waals surface area contributed by atoms with Crippen molar-refractivity contribution in [1.82, 2.24) is 14.5 Å². The van der Waals surface area contributed by atoms with E-state index in [0.717, 1.165) is 11.1 Å². The van der Waals surface area contributed by atoms with Crippen molar-refractivity contribution >= 4 is 28.4 Å². The van der Waals surface area contributed by atoms with Crippen molar-refractivity contribution in [3.63, 3.8) is 0 Å². The average Bonchev–Trinajstić information content (AvgIpc) is 2.79. The van der Waals surface area contributed by atoms with Gasteiger partial charge < -0.3 is 4.90 Å². The maximum atomic E-state index is 13.5. The molecule has 6 heteroatoms. The van der Waals surface area contributed by atoms with Gasteiger partial charge in [-0.1, -0.05) is 59.6 Å². The molecule has 0 radical (unpaired) electrons. The van der Waals surface area contributed by atoms with E-state index in [4.69, 9.17) is 16.6 Å². The Morgan fingerprint density at radius 2 is 1.75 bits per heavy atom. The van der Waals surface area contributed by atoms with Crippen molar-refractivity contribution in [2.75, 3.05) is 7.05 Å². The van der Waals surface area contributed by atoms with Crippen molar-refractivity contribution in [1.29, 1.82) is 0 Å². The van der Waals surface area contributed by atoms with Gasteiger partial charge in [-0.2, -0.15) is 0 Å². The van der Waals surface area contributed by atoms with Gasteiger partial charge in [-0.05, 0) is 49.7 Å². The lowest BCUT2D eigenvalue weighted by Crippen LogP contribution is -2.35. The third-order valence-corrected chi connectivity index (χ3v) is 5.93. The first-order valence-electron chi connectivity index (χ1n) is 10.4. The molecule has 0 saturated heterocycles. The second-order valence-electron chi connectivity index (χ2n) is 7.95. The number of benzene rings is 3. The molecule has 162 valence electrons. The number of carbonyl (C=O) groups is 1. The fraction of sp³-hybridized carbons (Fsp3) is 0.192. The summed E-state index contributed by atoms with van der Waals surface area (Å²) in [5, 5.41) is 0.980. The molecule has 1 atom stereocenters. The van der Waals surface area contributed by atoms with Gasteiger partial charge in [0.15, 0.2) is 0 Å². The van der Waals surface area contributed by atoms with Crippen LogP contribution < -0.4 is 5.56 Å². The lowest BCUT2D eigenvalue weighted by molar-refractivity contribution is -0.131. The van der Waals surface area contributed by atoms with Crippen molar-refractivity contribution < 1.29 is 4.79 Å². The van der Waals surface area contributed by atoms with E-state index >= 15 is 0 Å². The number of hydrogen-bond donors (Lipinski definition) is 0. The molecule has 4 aromatic rings. The summed E-state index contributed by atoms with van der Waals surface area (Å²) in [5.74, 6) is 0.428. The van der Waals surface area contributed by atoms with E-state index in [2.05, 4.69) is 0 Å². The second kappa shape index (κ2) is 8.97. The minimum absolute atomic E-state index is 0.0559. The standard InChI is InChI=1S/C26H24ClN3O2/c1-17-9-12-21(13-10-17)30-25(28-23-16-20(27)11-14-22(23)26(30)32)18(2)29(3)24(31)15-19-7-5-4-6-8-19/h4-14,16,18H,15H2,1-3H3. The van der Waals surface area contributed by atoms with E-state index < -0.39 is 6.04 Å². The minimum Gasteiger partial charge on any atom is -0.336 e. The zero-order valence-electron chi connectivity index (χ0n) is 18.2. The zero-order chi connectivity index (χ0) is 22.8. The van der Waals surface area contributed by atoms with Crippen molar-refractivity contribution in [2.24, 2.45) is 0 Å². The van der Waals surface area contributed by atoms with Gasteiger partial charge in [0.05, 0.1) is 29.1 Å². The molecule has 3 aromatic carbocycles. The molecule has 0 saturated carbocycles. The third-order valence-electron chi connectivity index (χ3n) is 5.70. The molecule has 0 aliphatic heterocycles. The van der Waals surface area contributed by atoms with E-state index in [9.17, 15) is 9.59 Å². The number of carbonyl (C=O) groups excluding carboxylic acids is 1. The Bertz CT molecular complexity index is 1330. The van der Waals surface area contributed by atoms with Gasteiger partial charge in [-0.25, -0.2) is 4.98 Å². The van der Waals surface area contributed by atoms with Crippen molar-refractivity contribution in [3.05, 3.63) is 105 Å². The predicted molar refractivity (Wildman–Crippen MR) is 128 cm³/mol. The largest absolute Gasteiger partial charge is 0.336 e. The first-order valence-corrected chi connectivity index (χ1v) is 10.8. The van der Waals surface area contributed by atoms with E-state index in [0.29, 0.717) is 27.4 Å². The summed E-state index contributed by atoms with van der Waals surface area (Å²) in [4.78, 5) is 32.9. The van der Waals surface area contributed by atoms with Gasteiger partial charge in [-0.3, -0.25) is 14.2 Å². The summed E-state index contributed by atoms with van der Waals surface area (Å²) < 4.78 is 1.59. The Morgan fingerprint density at radius 3 is 2.44 bits per heavy atom. The number of amides is 1. The van der Waals surface area contributed by atoms with Crippen LogP contribution in [0.4, 0.5) is 0 Å². The highest BCUT2D eigenvalue weighted by atomic mass is 35.5. The molecule has 1 amide bonds. The highest BCUT2D eigenvalue weighted by molar-refractivity contribution is 6.31. The van der Waals surface area contributed by atoms with Gasteiger partial charge >= 0.3 is 0 Å². The predicted octanol–water partition coefficient (Wildman–Crippen LogP) is 5.11. The molecule has 0 N–H and O–H groups in total. The Morgan fingerprint density at radius 1 is 1.06 bits per heavy atom. The number of nitrogens with zero attached hydrogens (tertiary/aromatic N) is 3. The summed E-state index contributed by atoms with van der Waals surface area (Å²) >= 11 is 6.17. The van der Waals surface area contributed by atoms with Gasteiger partial charge in [-0.15, -0.1) is 0 Å². The molecular weight excluding hydrogens is 422 g/mol. The van der Waals surface area contributed by atoms with Crippen LogP contribution in [0.5, 0.6) is 0 Å². The van der Waals surface area contributed by atoms with E-state index in [1.165, 1.54) is 0 Å². The molecule has 0 aliphatic carbocycles. The van der Waals surface area contributed by atoms with Gasteiger partial charge in [0.25, 0.3) is 5.56 Å². The van der Waals surface area contributed by atoms with Crippen LogP contribution >= 0.6 is 11.6 Å². The van der Waals surface area contributed by atoms with Gasteiger partial charge in [0, 0.05) is 12.1 Å². The van der Waals surface area contributed by atoms with Crippen LogP contribution in [0.25, 0.3) is 16.6 Å². The Labute approximate surface area is 191 Å². The first-order chi connectivity index (χ1) is 15.3. The summed E-state index contributed by atoms with van der Waals surface area (Å²) in [6, 6.07) is 21.9. The van der Waals surface area contributed by atoms with Crippen LogP contribution in [-0.4, -0.2) is 27.4 Å². The molecule has 0 fully saturated rings. The monoisotopic (exact) mass is 445 g/mol. The molecule has 0 bridgehead atoms. The topological polar surface area (TPSA) is 55.2 Å². The SMILES string of the molecule is Cc1ccc(-n2c(C(C)N(C)C(=O)Cc3ccccc3)nc3cc(Cl)ccc3c2=O)cc1. The van der Waals surface area contributed by atoms with E-state index in [1.54, 1.807) is 34.7 Å². The molecule has 0 spiro atoms. The fourth-order valence-electron chi connectivity index (χ4n) is 3.68. The zero-order valence-corrected chi connectivity index (χ0v) is 19.0. The first kappa shape index (κ1) is 21.8. The minimum atomic E-state index is -0.441. The fourth-order valence-corrected chi connectivity index (χ4v) is 3.85. The van der Waals surface area contributed by atoms with E-state index in [1.807, 2.05) is 68.4 Å². The second-order valence-corrected chi connectivity index (χ2v) is 8.39. The maximum Gasteiger partial charge on any atom is 0.266 e. The van der Waals surface area contributed by atoms with Crippen LogP contribution in [0.2, 0.25) is 5.02 Å². The molecule has 1 aromatic heterocycles. The van der Waals surface area contributed by atoms with Crippen LogP contribution in [0.3, 0.4) is 0 Å². The smallest absolute Gasteiger partial charge is 0.266 e. The molecule has 1 heterocycles. The lowest BCUT2D eigenvalue weighted by Gasteiger charge is -2.27. The van der Waals surface area contributed by atoms with Gasteiger partial charge in [0.2, 0.25) is 5.91 Å². The Hall–Kier alpha value is -3.44. The maximum absolute atomic E-state index is 13.5. The summed E-state index contributed by atoms with van der Waals surface area (Å²) in [7, 11) is 1.74. The number of rotatable bonds is 5. The molecule has 4 rings (SSSR count). The molecule has 32 heavy (non-hydrogen) atoms.